The summed E-state index contributed by atoms with van der Waals surface area (Å²) in [6.45, 7) is 0.840. The van der Waals surface area contributed by atoms with Crippen LogP contribution in [0.4, 0.5) is 8.78 Å². The maximum Gasteiger partial charge on any atom is 0.387 e. The number of benzene rings is 1. The minimum Gasteiger partial charge on any atom is -0.493 e. The van der Waals surface area contributed by atoms with Crippen molar-refractivity contribution in [1.82, 2.24) is 10.3 Å². The van der Waals surface area contributed by atoms with Crippen LogP contribution in [0.15, 0.2) is 28.7 Å². The number of nitrogens with zero attached hydrogens (tertiary/aromatic N) is 1. The van der Waals surface area contributed by atoms with Crippen molar-refractivity contribution in [3.63, 3.8) is 0 Å². The molecule has 0 atom stereocenters. The van der Waals surface area contributed by atoms with Crippen molar-refractivity contribution >= 4 is 12.0 Å². The van der Waals surface area contributed by atoms with Gasteiger partial charge in [-0.2, -0.15) is 8.78 Å². The third-order valence-corrected chi connectivity index (χ3v) is 3.32. The van der Waals surface area contributed by atoms with E-state index in [1.54, 1.807) is 6.92 Å². The molecular formula is C17H18F2N2O4. The summed E-state index contributed by atoms with van der Waals surface area (Å²) >= 11 is 0. The number of aryl methyl sites for hydroxylation is 2. The Balaban J connectivity index is 1.96. The van der Waals surface area contributed by atoms with E-state index in [2.05, 4.69) is 15.0 Å². The third-order valence-electron chi connectivity index (χ3n) is 3.32. The molecule has 1 aromatic carbocycles. The Morgan fingerprint density at radius 1 is 1.36 bits per heavy atom. The first kappa shape index (κ1) is 18.4. The molecule has 0 aliphatic rings. The number of oxazole rings is 1. The molecular weight excluding hydrogens is 334 g/mol. The van der Waals surface area contributed by atoms with Crippen molar-refractivity contribution in [2.45, 2.75) is 27.0 Å². The third kappa shape index (κ3) is 5.30. The van der Waals surface area contributed by atoms with E-state index in [-0.39, 0.29) is 24.0 Å². The molecule has 1 heterocycles. The predicted octanol–water partition coefficient (Wildman–Crippen LogP) is 3.23. The quantitative estimate of drug-likeness (QED) is 0.775. The summed E-state index contributed by atoms with van der Waals surface area (Å²) < 4.78 is 39.3. The smallest absolute Gasteiger partial charge is 0.387 e. The first-order valence-electron chi connectivity index (χ1n) is 7.40. The second-order valence-corrected chi connectivity index (χ2v) is 5.09. The van der Waals surface area contributed by atoms with Gasteiger partial charge in [0.15, 0.2) is 11.5 Å². The maximum atomic E-state index is 12.3. The summed E-state index contributed by atoms with van der Waals surface area (Å²) in [5.74, 6) is 0.854. The van der Waals surface area contributed by atoms with E-state index in [0.29, 0.717) is 17.2 Å². The van der Waals surface area contributed by atoms with Crippen LogP contribution in [0.3, 0.4) is 0 Å². The number of amides is 1. The second-order valence-electron chi connectivity index (χ2n) is 5.09. The lowest BCUT2D eigenvalue weighted by Gasteiger charge is -2.10. The number of alkyl halides is 2. The van der Waals surface area contributed by atoms with Crippen molar-refractivity contribution in [2.75, 3.05) is 7.11 Å². The van der Waals surface area contributed by atoms with Crippen LogP contribution in [-0.4, -0.2) is 24.6 Å². The number of hydrogen-bond acceptors (Lipinski definition) is 5. The number of methoxy groups -OCH3 is 1. The molecule has 6 nitrogen and oxygen atoms in total. The first-order chi connectivity index (χ1) is 11.9. The van der Waals surface area contributed by atoms with Gasteiger partial charge in [-0.05, 0) is 37.6 Å². The molecule has 0 aliphatic carbocycles. The molecule has 0 saturated heterocycles. The van der Waals surface area contributed by atoms with E-state index in [0.717, 1.165) is 5.69 Å². The highest BCUT2D eigenvalue weighted by Crippen LogP contribution is 2.29. The zero-order chi connectivity index (χ0) is 18.4. The number of hydrogen-bond donors (Lipinski definition) is 1. The molecule has 8 heteroatoms. The van der Waals surface area contributed by atoms with Gasteiger partial charge in [0.05, 0.1) is 19.3 Å². The fourth-order valence-corrected chi connectivity index (χ4v) is 1.99. The van der Waals surface area contributed by atoms with Gasteiger partial charge in [0.1, 0.15) is 5.76 Å². The van der Waals surface area contributed by atoms with Crippen molar-refractivity contribution in [3.05, 3.63) is 47.2 Å². The lowest BCUT2D eigenvalue weighted by atomic mass is 10.2. The van der Waals surface area contributed by atoms with E-state index in [1.807, 2.05) is 6.92 Å². The van der Waals surface area contributed by atoms with Gasteiger partial charge in [0.2, 0.25) is 11.8 Å². The highest BCUT2D eigenvalue weighted by atomic mass is 19.3. The molecule has 2 rings (SSSR count). The Hall–Kier alpha value is -2.90. The van der Waals surface area contributed by atoms with Crippen LogP contribution in [0.1, 0.15) is 22.9 Å². The molecule has 1 amide bonds. The summed E-state index contributed by atoms with van der Waals surface area (Å²) in [5, 5.41) is 2.64. The zero-order valence-corrected chi connectivity index (χ0v) is 14.0. The van der Waals surface area contributed by atoms with Crippen molar-refractivity contribution < 1.29 is 27.5 Å². The molecule has 0 bridgehead atoms. The lowest BCUT2D eigenvalue weighted by Crippen LogP contribution is -2.20. The van der Waals surface area contributed by atoms with Gasteiger partial charge in [0, 0.05) is 6.08 Å². The Labute approximate surface area is 143 Å². The highest BCUT2D eigenvalue weighted by Gasteiger charge is 2.10. The van der Waals surface area contributed by atoms with E-state index < -0.39 is 6.61 Å². The highest BCUT2D eigenvalue weighted by molar-refractivity contribution is 5.91. The molecule has 25 heavy (non-hydrogen) atoms. The van der Waals surface area contributed by atoms with Gasteiger partial charge in [-0.1, -0.05) is 6.07 Å². The van der Waals surface area contributed by atoms with E-state index in [9.17, 15) is 13.6 Å². The Bertz CT molecular complexity index is 753. The zero-order valence-electron chi connectivity index (χ0n) is 14.0. The summed E-state index contributed by atoms with van der Waals surface area (Å²) in [4.78, 5) is 16.0. The molecule has 0 fully saturated rings. The van der Waals surface area contributed by atoms with Crippen LogP contribution in [0.25, 0.3) is 6.08 Å². The SMILES string of the molecule is COc1cc(C=CC(=O)NCc2nc(C)c(C)o2)ccc1OC(F)F. The largest absolute Gasteiger partial charge is 0.493 e. The number of carbonyl (C=O) groups is 1. The molecule has 1 aromatic heterocycles. The summed E-state index contributed by atoms with van der Waals surface area (Å²) in [7, 11) is 1.34. The summed E-state index contributed by atoms with van der Waals surface area (Å²) in [6.07, 6.45) is 2.83. The first-order valence-corrected chi connectivity index (χ1v) is 7.40. The molecule has 0 saturated carbocycles. The minimum atomic E-state index is -2.94. The lowest BCUT2D eigenvalue weighted by molar-refractivity contribution is -0.116. The number of nitrogens with one attached hydrogen (secondary N) is 1. The van der Waals surface area contributed by atoms with Gasteiger partial charge in [0.25, 0.3) is 0 Å². The van der Waals surface area contributed by atoms with Crippen LogP contribution in [-0.2, 0) is 11.3 Å². The Morgan fingerprint density at radius 2 is 2.12 bits per heavy atom. The molecule has 0 aliphatic heterocycles. The van der Waals surface area contributed by atoms with Crippen LogP contribution in [0.2, 0.25) is 0 Å². The average Bonchev–Trinajstić information content (AvgIpc) is 2.89. The summed E-state index contributed by atoms with van der Waals surface area (Å²) in [5.41, 5.74) is 1.37. The van der Waals surface area contributed by atoms with Crippen LogP contribution >= 0.6 is 0 Å². The van der Waals surface area contributed by atoms with Gasteiger partial charge >= 0.3 is 6.61 Å². The second kappa shape index (κ2) is 8.27. The van der Waals surface area contributed by atoms with Crippen molar-refractivity contribution in [2.24, 2.45) is 0 Å². The molecule has 0 spiro atoms. The average molecular weight is 352 g/mol. The predicted molar refractivity (Wildman–Crippen MR) is 86.5 cm³/mol. The summed E-state index contributed by atoms with van der Waals surface area (Å²) in [6, 6.07) is 4.37. The Kier molecular flexibility index (Phi) is 6.10. The van der Waals surface area contributed by atoms with Gasteiger partial charge in [-0.25, -0.2) is 4.98 Å². The van der Waals surface area contributed by atoms with Gasteiger partial charge < -0.3 is 19.2 Å². The number of rotatable bonds is 7. The fraction of sp³-hybridized carbons (Fsp3) is 0.294. The Morgan fingerprint density at radius 3 is 2.72 bits per heavy atom. The van der Waals surface area contributed by atoms with Crippen molar-refractivity contribution in [3.8, 4) is 11.5 Å². The molecule has 134 valence electrons. The number of carbonyl (C=O) groups excluding carboxylic acids is 1. The van der Waals surface area contributed by atoms with Crippen LogP contribution in [0.5, 0.6) is 11.5 Å². The molecule has 0 radical (unpaired) electrons. The van der Waals surface area contributed by atoms with E-state index in [1.165, 1.54) is 37.5 Å². The van der Waals surface area contributed by atoms with Gasteiger partial charge in [-0.15, -0.1) is 0 Å². The minimum absolute atomic E-state index is 0.0752. The monoisotopic (exact) mass is 352 g/mol. The topological polar surface area (TPSA) is 73.6 Å². The number of halogens is 2. The van der Waals surface area contributed by atoms with E-state index >= 15 is 0 Å². The fourth-order valence-electron chi connectivity index (χ4n) is 1.99. The standard InChI is InChI=1S/C17H18F2N2O4/c1-10-11(2)24-16(21-10)9-20-15(22)7-5-12-4-6-13(25-17(18)19)14(8-12)23-3/h4-8,17H,9H2,1-3H3,(H,20,22). The normalized spacial score (nSPS) is 11.1. The maximum absolute atomic E-state index is 12.3. The van der Waals surface area contributed by atoms with Crippen LogP contribution in [0, 0.1) is 13.8 Å². The van der Waals surface area contributed by atoms with Crippen molar-refractivity contribution in [1.29, 1.82) is 0 Å². The molecule has 2 aromatic rings. The van der Waals surface area contributed by atoms with Gasteiger partial charge in [-0.3, -0.25) is 4.79 Å². The van der Waals surface area contributed by atoms with E-state index in [4.69, 9.17) is 9.15 Å². The number of ether oxygens (including phenoxy) is 2. The van der Waals surface area contributed by atoms with Crippen LogP contribution < -0.4 is 14.8 Å². The molecule has 1 N–H and O–H groups in total. The number of aromatic nitrogens is 1. The molecule has 0 unspecified atom stereocenters.